The average Bonchev–Trinajstić information content (AvgIpc) is 2.89. The monoisotopic (exact) mass is 253 g/mol. The molecule has 0 spiro atoms. The van der Waals surface area contributed by atoms with Gasteiger partial charge in [-0.3, -0.25) is 14.4 Å². The van der Waals surface area contributed by atoms with Crippen LogP contribution in [0, 0.1) is 12.3 Å². The van der Waals surface area contributed by atoms with Crippen LogP contribution >= 0.6 is 0 Å². The Bertz CT molecular complexity index is 382. The summed E-state index contributed by atoms with van der Waals surface area (Å²) in [5.41, 5.74) is 5.13. The van der Waals surface area contributed by atoms with Crippen molar-refractivity contribution in [2.24, 2.45) is 11.7 Å². The number of carbonyl (C=O) groups excluding carboxylic acids is 3. The Morgan fingerprint density at radius 3 is 3.00 bits per heavy atom. The zero-order chi connectivity index (χ0) is 13.3. The number of Topliss-reactive ketones (excluding diaryl/α,β-unsaturated/α-hetero) is 1. The third-order valence-corrected chi connectivity index (χ3v) is 3.53. The van der Waals surface area contributed by atoms with E-state index in [0.29, 0.717) is 19.4 Å². The summed E-state index contributed by atoms with van der Waals surface area (Å²) >= 11 is 0. The first kappa shape index (κ1) is 13.0. The Morgan fingerprint density at radius 1 is 1.61 bits per heavy atom. The average molecular weight is 253 g/mol. The van der Waals surface area contributed by atoms with Crippen LogP contribution in [0.25, 0.3) is 0 Å². The van der Waals surface area contributed by atoms with E-state index in [1.165, 1.54) is 11.3 Å². The van der Waals surface area contributed by atoms with Crippen LogP contribution in [0.2, 0.25) is 0 Å². The fourth-order valence-corrected chi connectivity index (χ4v) is 2.35. The predicted molar refractivity (Wildman–Crippen MR) is 62.1 cm³/mol. The number of primary amides is 1. The Hall–Kier alpha value is -1.43. The summed E-state index contributed by atoms with van der Waals surface area (Å²) in [6.45, 7) is 2.29. The van der Waals surface area contributed by atoms with Crippen molar-refractivity contribution in [1.82, 2.24) is 4.90 Å². The maximum atomic E-state index is 12.0. The van der Waals surface area contributed by atoms with Gasteiger partial charge in [0.15, 0.2) is 5.78 Å². The Labute approximate surface area is 105 Å². The smallest absolute Gasteiger partial charge is 0.227 e. The second kappa shape index (κ2) is 5.06. The lowest BCUT2D eigenvalue weighted by molar-refractivity contribution is -0.133. The summed E-state index contributed by atoms with van der Waals surface area (Å²) in [6.07, 6.45) is 2.28. The molecule has 6 nitrogen and oxygen atoms in total. The fourth-order valence-electron chi connectivity index (χ4n) is 2.35. The second-order valence-electron chi connectivity index (χ2n) is 4.82. The standard InChI is InChI=1S/C12H17N2O4/c1-7(12(13)17)2-3-10(16)14-5-4-9-11(14)8(15)6-18-9/h3,7,9,11H,2,4-6H2,1H3,(H2,13,17). The van der Waals surface area contributed by atoms with Crippen molar-refractivity contribution in [3.8, 4) is 0 Å². The van der Waals surface area contributed by atoms with Crippen molar-refractivity contribution in [2.75, 3.05) is 13.2 Å². The van der Waals surface area contributed by atoms with Gasteiger partial charge in [0.2, 0.25) is 11.8 Å². The van der Waals surface area contributed by atoms with Crippen molar-refractivity contribution in [2.45, 2.75) is 31.9 Å². The molecule has 2 saturated heterocycles. The summed E-state index contributed by atoms with van der Waals surface area (Å²) in [5.74, 6) is -1.06. The lowest BCUT2D eigenvalue weighted by Gasteiger charge is -2.21. The van der Waals surface area contributed by atoms with Crippen molar-refractivity contribution in [3.63, 3.8) is 0 Å². The quantitative estimate of drug-likeness (QED) is 0.715. The molecule has 3 unspecified atom stereocenters. The highest BCUT2D eigenvalue weighted by Crippen LogP contribution is 2.27. The zero-order valence-electron chi connectivity index (χ0n) is 10.3. The molecule has 6 heteroatoms. The third kappa shape index (κ3) is 2.38. The van der Waals surface area contributed by atoms with Gasteiger partial charge in [-0.15, -0.1) is 0 Å². The molecular weight excluding hydrogens is 236 g/mol. The van der Waals surface area contributed by atoms with Gasteiger partial charge in [0, 0.05) is 12.5 Å². The van der Waals surface area contributed by atoms with E-state index in [1.54, 1.807) is 6.92 Å². The number of rotatable bonds is 4. The summed E-state index contributed by atoms with van der Waals surface area (Å²) < 4.78 is 5.30. The molecule has 2 aliphatic rings. The summed E-state index contributed by atoms with van der Waals surface area (Å²) in [7, 11) is 0. The van der Waals surface area contributed by atoms with Crippen molar-refractivity contribution in [1.29, 1.82) is 0 Å². The normalized spacial score (nSPS) is 28.3. The Balaban J connectivity index is 1.90. The molecule has 2 amide bonds. The van der Waals surface area contributed by atoms with E-state index in [9.17, 15) is 14.4 Å². The largest absolute Gasteiger partial charge is 0.369 e. The first-order chi connectivity index (χ1) is 8.50. The maximum Gasteiger partial charge on any atom is 0.227 e. The molecule has 2 heterocycles. The minimum Gasteiger partial charge on any atom is -0.369 e. The van der Waals surface area contributed by atoms with Gasteiger partial charge in [-0.1, -0.05) is 6.92 Å². The van der Waals surface area contributed by atoms with E-state index in [2.05, 4.69) is 0 Å². The van der Waals surface area contributed by atoms with Gasteiger partial charge in [-0.25, -0.2) is 0 Å². The zero-order valence-corrected chi connectivity index (χ0v) is 10.3. The van der Waals surface area contributed by atoms with E-state index in [-0.39, 0.29) is 30.3 Å². The molecule has 0 aromatic carbocycles. The van der Waals surface area contributed by atoms with Gasteiger partial charge in [-0.2, -0.15) is 0 Å². The van der Waals surface area contributed by atoms with Crippen LogP contribution < -0.4 is 5.73 Å². The van der Waals surface area contributed by atoms with Gasteiger partial charge in [0.25, 0.3) is 0 Å². The van der Waals surface area contributed by atoms with Crippen LogP contribution in [0.15, 0.2) is 0 Å². The maximum absolute atomic E-state index is 12.0. The molecule has 18 heavy (non-hydrogen) atoms. The molecule has 2 N–H and O–H groups in total. The molecule has 2 rings (SSSR count). The van der Waals surface area contributed by atoms with E-state index in [1.807, 2.05) is 0 Å². The van der Waals surface area contributed by atoms with E-state index in [0.717, 1.165) is 0 Å². The SMILES string of the molecule is CC(C[CH]C(=O)N1CCC2OCC(=O)C21)C(N)=O. The number of hydrogen-bond donors (Lipinski definition) is 1. The Morgan fingerprint density at radius 2 is 2.33 bits per heavy atom. The number of nitrogens with zero attached hydrogens (tertiary/aromatic N) is 1. The predicted octanol–water partition coefficient (Wildman–Crippen LogP) is -0.729. The molecule has 2 fully saturated rings. The molecule has 0 saturated carbocycles. The molecule has 1 radical (unpaired) electrons. The first-order valence-corrected chi connectivity index (χ1v) is 6.08. The van der Waals surface area contributed by atoms with Gasteiger partial charge in [0.05, 0.1) is 12.5 Å². The van der Waals surface area contributed by atoms with E-state index < -0.39 is 11.9 Å². The lowest BCUT2D eigenvalue weighted by atomic mass is 10.0. The highest BCUT2D eigenvalue weighted by Gasteiger charge is 2.46. The van der Waals surface area contributed by atoms with Crippen molar-refractivity contribution >= 4 is 17.6 Å². The van der Waals surface area contributed by atoms with Crippen molar-refractivity contribution in [3.05, 3.63) is 6.42 Å². The van der Waals surface area contributed by atoms with Crippen LogP contribution in [-0.4, -0.2) is 47.8 Å². The molecule has 0 bridgehead atoms. The van der Waals surface area contributed by atoms with E-state index in [4.69, 9.17) is 10.5 Å². The minimum atomic E-state index is -0.433. The number of nitrogens with two attached hydrogens (primary N) is 1. The van der Waals surface area contributed by atoms with Gasteiger partial charge < -0.3 is 15.4 Å². The third-order valence-electron chi connectivity index (χ3n) is 3.53. The second-order valence-corrected chi connectivity index (χ2v) is 4.82. The molecule has 0 aromatic heterocycles. The minimum absolute atomic E-state index is 0.0396. The lowest BCUT2D eigenvalue weighted by Crippen LogP contribution is -2.42. The number of carbonyl (C=O) groups is 3. The summed E-state index contributed by atoms with van der Waals surface area (Å²) in [6, 6.07) is -0.433. The van der Waals surface area contributed by atoms with Gasteiger partial charge >= 0.3 is 0 Å². The number of amides is 2. The molecule has 0 aliphatic carbocycles. The molecule has 2 aliphatic heterocycles. The van der Waals surface area contributed by atoms with Crippen LogP contribution in [-0.2, 0) is 19.1 Å². The van der Waals surface area contributed by atoms with Crippen LogP contribution in [0.4, 0.5) is 0 Å². The fraction of sp³-hybridized carbons (Fsp3) is 0.667. The first-order valence-electron chi connectivity index (χ1n) is 6.08. The van der Waals surface area contributed by atoms with Crippen LogP contribution in [0.3, 0.4) is 0 Å². The summed E-state index contributed by atoms with van der Waals surface area (Å²) in [4.78, 5) is 36.0. The number of hydrogen-bond acceptors (Lipinski definition) is 4. The highest BCUT2D eigenvalue weighted by molar-refractivity contribution is 5.95. The number of ketones is 1. The summed E-state index contributed by atoms with van der Waals surface area (Å²) in [5, 5.41) is 0. The topological polar surface area (TPSA) is 89.7 Å². The van der Waals surface area contributed by atoms with E-state index >= 15 is 0 Å². The number of fused-ring (bicyclic) bond motifs is 1. The number of likely N-dealkylation sites (tertiary alicyclic amines) is 1. The molecular formula is C12H17N2O4. The van der Waals surface area contributed by atoms with Crippen molar-refractivity contribution < 1.29 is 19.1 Å². The van der Waals surface area contributed by atoms with Crippen LogP contribution in [0.5, 0.6) is 0 Å². The Kier molecular flexibility index (Phi) is 3.65. The van der Waals surface area contributed by atoms with Gasteiger partial charge in [-0.05, 0) is 12.8 Å². The van der Waals surface area contributed by atoms with Gasteiger partial charge in [0.1, 0.15) is 12.6 Å². The van der Waals surface area contributed by atoms with Crippen LogP contribution in [0.1, 0.15) is 19.8 Å². The highest BCUT2D eigenvalue weighted by atomic mass is 16.5. The molecule has 99 valence electrons. The number of ether oxygens (including phenoxy) is 1. The molecule has 0 aromatic rings. The molecule has 3 atom stereocenters.